The monoisotopic (exact) mass is 232 g/mol. The zero-order chi connectivity index (χ0) is 10.7. The Morgan fingerprint density at radius 3 is 2.64 bits per heavy atom. The molecule has 1 rings (SSSR count). The SMILES string of the molecule is CC=CC(=O)c1cc(Cl)cc(F)c1Cl. The second kappa shape index (κ2) is 4.58. The fraction of sp³-hybridized carbons (Fsp3) is 0.100. The van der Waals surface area contributed by atoms with Crippen molar-refractivity contribution >= 4 is 29.0 Å². The fourth-order valence-corrected chi connectivity index (χ4v) is 1.38. The standard InChI is InChI=1S/C10H7Cl2FO/c1-2-3-9(14)7-4-6(11)5-8(13)10(7)12/h2-5H,1H3. The van der Waals surface area contributed by atoms with Gasteiger partial charge in [0, 0.05) is 10.6 Å². The lowest BCUT2D eigenvalue weighted by Crippen LogP contribution is -1.97. The molecule has 0 saturated carbocycles. The fourth-order valence-electron chi connectivity index (χ4n) is 0.976. The van der Waals surface area contributed by atoms with Crippen LogP contribution in [0.25, 0.3) is 0 Å². The summed E-state index contributed by atoms with van der Waals surface area (Å²) in [5.41, 5.74) is 0.0785. The van der Waals surface area contributed by atoms with Gasteiger partial charge in [-0.05, 0) is 25.1 Å². The molecule has 4 heteroatoms. The van der Waals surface area contributed by atoms with Crippen LogP contribution in [0.15, 0.2) is 24.3 Å². The third-order valence-electron chi connectivity index (χ3n) is 1.58. The van der Waals surface area contributed by atoms with Crippen LogP contribution in [0.5, 0.6) is 0 Å². The number of carbonyl (C=O) groups is 1. The lowest BCUT2D eigenvalue weighted by atomic mass is 10.1. The van der Waals surface area contributed by atoms with Gasteiger partial charge in [0.1, 0.15) is 5.82 Å². The summed E-state index contributed by atoms with van der Waals surface area (Å²) in [4.78, 5) is 11.4. The Hall–Kier alpha value is -0.860. The molecular weight excluding hydrogens is 226 g/mol. The van der Waals surface area contributed by atoms with Crippen molar-refractivity contribution in [1.29, 1.82) is 0 Å². The molecule has 0 bridgehead atoms. The minimum absolute atomic E-state index is 0.0785. The van der Waals surface area contributed by atoms with Gasteiger partial charge in [0.15, 0.2) is 5.78 Å². The maximum absolute atomic E-state index is 13.0. The molecule has 14 heavy (non-hydrogen) atoms. The van der Waals surface area contributed by atoms with Crippen LogP contribution in [0, 0.1) is 5.82 Å². The number of allylic oxidation sites excluding steroid dienone is 2. The van der Waals surface area contributed by atoms with Gasteiger partial charge in [-0.25, -0.2) is 4.39 Å². The molecule has 1 aromatic rings. The second-order valence-electron chi connectivity index (χ2n) is 2.61. The van der Waals surface area contributed by atoms with Crippen molar-refractivity contribution < 1.29 is 9.18 Å². The van der Waals surface area contributed by atoms with Crippen molar-refractivity contribution in [3.63, 3.8) is 0 Å². The molecule has 0 amide bonds. The van der Waals surface area contributed by atoms with Crippen molar-refractivity contribution in [3.05, 3.63) is 45.7 Å². The third kappa shape index (κ3) is 2.34. The summed E-state index contributed by atoms with van der Waals surface area (Å²) in [7, 11) is 0. The summed E-state index contributed by atoms with van der Waals surface area (Å²) >= 11 is 11.2. The van der Waals surface area contributed by atoms with E-state index in [9.17, 15) is 9.18 Å². The van der Waals surface area contributed by atoms with E-state index in [2.05, 4.69) is 0 Å². The maximum Gasteiger partial charge on any atom is 0.187 e. The van der Waals surface area contributed by atoms with E-state index in [4.69, 9.17) is 23.2 Å². The quantitative estimate of drug-likeness (QED) is 0.430. The van der Waals surface area contributed by atoms with Gasteiger partial charge in [-0.15, -0.1) is 0 Å². The number of hydrogen-bond acceptors (Lipinski definition) is 1. The van der Waals surface area contributed by atoms with Crippen molar-refractivity contribution in [3.8, 4) is 0 Å². The molecule has 1 aromatic carbocycles. The zero-order valence-electron chi connectivity index (χ0n) is 7.35. The molecule has 0 atom stereocenters. The molecule has 0 aliphatic rings. The van der Waals surface area contributed by atoms with Gasteiger partial charge in [0.25, 0.3) is 0 Å². The normalized spacial score (nSPS) is 10.9. The van der Waals surface area contributed by atoms with Crippen molar-refractivity contribution in [2.75, 3.05) is 0 Å². The molecule has 0 unspecified atom stereocenters. The summed E-state index contributed by atoms with van der Waals surface area (Å²) in [6.45, 7) is 1.69. The van der Waals surface area contributed by atoms with Gasteiger partial charge < -0.3 is 0 Å². The molecule has 0 aliphatic carbocycles. The Balaban J connectivity index is 3.27. The molecule has 0 saturated heterocycles. The summed E-state index contributed by atoms with van der Waals surface area (Å²) in [6.07, 6.45) is 2.86. The first-order valence-corrected chi connectivity index (χ1v) is 4.63. The Kier molecular flexibility index (Phi) is 3.67. The van der Waals surface area contributed by atoms with Gasteiger partial charge in [-0.2, -0.15) is 0 Å². The van der Waals surface area contributed by atoms with E-state index < -0.39 is 5.82 Å². The highest BCUT2D eigenvalue weighted by atomic mass is 35.5. The third-order valence-corrected chi connectivity index (χ3v) is 2.18. The van der Waals surface area contributed by atoms with Crippen LogP contribution in [-0.2, 0) is 0 Å². The minimum Gasteiger partial charge on any atom is -0.289 e. The highest BCUT2D eigenvalue weighted by molar-refractivity contribution is 6.36. The Bertz CT molecular complexity index is 399. The predicted molar refractivity (Wildman–Crippen MR) is 55.6 cm³/mol. The van der Waals surface area contributed by atoms with Gasteiger partial charge in [0.2, 0.25) is 0 Å². The molecule has 0 fully saturated rings. The largest absolute Gasteiger partial charge is 0.289 e. The zero-order valence-corrected chi connectivity index (χ0v) is 8.86. The van der Waals surface area contributed by atoms with Crippen LogP contribution in [-0.4, -0.2) is 5.78 Å². The Labute approximate surface area is 91.1 Å². The summed E-state index contributed by atoms with van der Waals surface area (Å²) in [5, 5.41) is -0.0442. The molecule has 0 spiro atoms. The first kappa shape index (κ1) is 11.2. The van der Waals surface area contributed by atoms with Gasteiger partial charge in [0.05, 0.1) is 5.02 Å². The van der Waals surface area contributed by atoms with E-state index in [0.717, 1.165) is 6.07 Å². The first-order chi connectivity index (χ1) is 6.56. The molecule has 74 valence electrons. The van der Waals surface area contributed by atoms with Crippen molar-refractivity contribution in [2.45, 2.75) is 6.92 Å². The summed E-state index contributed by atoms with van der Waals surface area (Å²) < 4.78 is 13.0. The second-order valence-corrected chi connectivity index (χ2v) is 3.43. The predicted octanol–water partition coefficient (Wildman–Crippen LogP) is 3.89. The van der Waals surface area contributed by atoms with E-state index in [1.54, 1.807) is 13.0 Å². The van der Waals surface area contributed by atoms with Crippen LogP contribution in [0.1, 0.15) is 17.3 Å². The van der Waals surface area contributed by atoms with Crippen LogP contribution < -0.4 is 0 Å². The van der Waals surface area contributed by atoms with Crippen LogP contribution in [0.2, 0.25) is 10.0 Å². The van der Waals surface area contributed by atoms with Gasteiger partial charge in [-0.1, -0.05) is 29.3 Å². The van der Waals surface area contributed by atoms with Crippen LogP contribution in [0.3, 0.4) is 0 Å². The number of hydrogen-bond donors (Lipinski definition) is 0. The van der Waals surface area contributed by atoms with Gasteiger partial charge >= 0.3 is 0 Å². The molecule has 0 aromatic heterocycles. The molecule has 0 N–H and O–H groups in total. The van der Waals surface area contributed by atoms with Crippen LogP contribution in [0.4, 0.5) is 4.39 Å². The number of carbonyl (C=O) groups excluding carboxylic acids is 1. The minimum atomic E-state index is -0.688. The number of rotatable bonds is 2. The molecule has 0 heterocycles. The molecule has 0 aliphatic heterocycles. The molecular formula is C10H7Cl2FO. The van der Waals surface area contributed by atoms with Crippen LogP contribution >= 0.6 is 23.2 Å². The van der Waals surface area contributed by atoms with E-state index >= 15 is 0 Å². The number of benzene rings is 1. The maximum atomic E-state index is 13.0. The van der Waals surface area contributed by atoms with E-state index in [0.29, 0.717) is 0 Å². The van der Waals surface area contributed by atoms with E-state index in [1.165, 1.54) is 12.1 Å². The highest BCUT2D eigenvalue weighted by Gasteiger charge is 2.12. The molecule has 0 radical (unpaired) electrons. The van der Waals surface area contributed by atoms with E-state index in [1.807, 2.05) is 0 Å². The topological polar surface area (TPSA) is 17.1 Å². The molecule has 1 nitrogen and oxygen atoms in total. The number of ketones is 1. The lowest BCUT2D eigenvalue weighted by Gasteiger charge is -2.01. The van der Waals surface area contributed by atoms with Crippen molar-refractivity contribution in [1.82, 2.24) is 0 Å². The smallest absolute Gasteiger partial charge is 0.187 e. The lowest BCUT2D eigenvalue weighted by molar-refractivity contribution is 0.104. The van der Waals surface area contributed by atoms with Crippen molar-refractivity contribution in [2.24, 2.45) is 0 Å². The average Bonchev–Trinajstić information content (AvgIpc) is 2.11. The summed E-state index contributed by atoms with van der Waals surface area (Å²) in [6, 6.07) is 2.41. The Morgan fingerprint density at radius 2 is 2.07 bits per heavy atom. The first-order valence-electron chi connectivity index (χ1n) is 3.88. The van der Waals surface area contributed by atoms with E-state index in [-0.39, 0.29) is 21.4 Å². The summed E-state index contributed by atoms with van der Waals surface area (Å²) in [5.74, 6) is -1.05. The average molecular weight is 233 g/mol. The Morgan fingerprint density at radius 1 is 1.43 bits per heavy atom. The van der Waals surface area contributed by atoms with Gasteiger partial charge in [-0.3, -0.25) is 4.79 Å². The number of halogens is 3. The highest BCUT2D eigenvalue weighted by Crippen LogP contribution is 2.25.